The monoisotopic (exact) mass is 261 g/mol. The van der Waals surface area contributed by atoms with Crippen LogP contribution in [-0.2, 0) is 18.6 Å². The van der Waals surface area contributed by atoms with E-state index in [0.717, 1.165) is 0 Å². The summed E-state index contributed by atoms with van der Waals surface area (Å²) in [6, 6.07) is 0. The van der Waals surface area contributed by atoms with E-state index in [1.54, 1.807) is 0 Å². The summed E-state index contributed by atoms with van der Waals surface area (Å²) in [6.45, 7) is 0. The zero-order chi connectivity index (χ0) is 13.5. The molecule has 0 aliphatic heterocycles. The summed E-state index contributed by atoms with van der Waals surface area (Å²) < 4.78 is 0. The zero-order valence-electron chi connectivity index (χ0n) is 7.22. The van der Waals surface area contributed by atoms with Gasteiger partial charge in [-0.15, -0.1) is 0 Å². The van der Waals surface area contributed by atoms with Crippen molar-refractivity contribution in [2.24, 2.45) is 0 Å². The molecular weight excluding hydrogens is 261 g/mol. The molecule has 0 aliphatic carbocycles. The third-order valence-electron chi connectivity index (χ3n) is 0. The average Bonchev–Trinajstić information content (AvgIpc) is 2.09. The number of nitrogens with zero attached hydrogens (tertiary/aromatic N) is 5. The Morgan fingerprint density at radius 1 is 0.438 bits per heavy atom. The first-order chi connectivity index (χ1) is 7.07. The molecule has 0 N–H and O–H groups in total. The molecule has 0 bridgehead atoms. The molecule has 0 aromatic carbocycles. The van der Waals surface area contributed by atoms with Crippen LogP contribution < -0.4 is 25.5 Å². The fourth-order valence-electron chi connectivity index (χ4n) is 0. The van der Waals surface area contributed by atoms with Crippen LogP contribution in [-0.4, -0.2) is 0 Å². The van der Waals surface area contributed by atoms with E-state index in [0.29, 0.717) is 31.3 Å². The average molecular weight is 261 g/mol. The molecule has 0 aromatic rings. The minimum Gasteiger partial charge on any atom is -0.812 e. The molecule has 0 aromatic heterocycles. The van der Waals surface area contributed by atoms with Gasteiger partial charge in [-0.1, -0.05) is 0 Å². The van der Waals surface area contributed by atoms with Crippen molar-refractivity contribution in [2.45, 2.75) is 0 Å². The van der Waals surface area contributed by atoms with Gasteiger partial charge in [0.05, 0.1) is 0 Å². The Hall–Kier alpha value is -2.97. The van der Waals surface area contributed by atoms with Crippen LogP contribution in [0.25, 0.3) is 0 Å². The molecule has 16 heavy (non-hydrogen) atoms. The third kappa shape index (κ3) is 126. The molecule has 11 heteroatoms. The van der Waals surface area contributed by atoms with Gasteiger partial charge in [0.25, 0.3) is 0 Å². The van der Waals surface area contributed by atoms with Crippen LogP contribution in [0.4, 0.5) is 0 Å². The first-order valence-corrected chi connectivity index (χ1v) is 2.14. The maximum Gasteiger partial charge on any atom is 5.00 e. The van der Waals surface area contributed by atoms with Crippen molar-refractivity contribution in [1.29, 1.82) is 26.3 Å². The Bertz CT molecular complexity index is 206. The summed E-state index contributed by atoms with van der Waals surface area (Å²) >= 11 is 0. The van der Waals surface area contributed by atoms with E-state index in [1.807, 2.05) is 0 Å². The smallest absolute Gasteiger partial charge is 0.812 e. The second-order valence-electron chi connectivity index (χ2n) is 0.456. The Balaban J connectivity index is -0.0000000192. The van der Waals surface area contributed by atoms with Crippen molar-refractivity contribution in [3.8, 4) is 31.3 Å². The summed E-state index contributed by atoms with van der Waals surface area (Å²) in [5, 5.41) is 75.0. The second kappa shape index (κ2) is 354. The van der Waals surface area contributed by atoms with Crippen molar-refractivity contribution in [1.82, 2.24) is 0 Å². The molecular formula is C5N5O5V. The quantitative estimate of drug-likeness (QED) is 0.374. The molecule has 0 fully saturated rings. The molecule has 0 spiro atoms. The molecule has 0 saturated carbocycles. The minimum atomic E-state index is 0. The summed E-state index contributed by atoms with van der Waals surface area (Å²) in [5.41, 5.74) is 0. The molecule has 0 rings (SSSR count). The number of hydrogen-bond acceptors (Lipinski definition) is 10. The Labute approximate surface area is 102 Å². The number of nitriles is 5. The van der Waals surface area contributed by atoms with Gasteiger partial charge in [0, 0.05) is 31.3 Å². The SMILES string of the molecule is N#C[O-].N#C[O-].N#C[O-].N#C[O-].N#C[O-].[V+5]. The van der Waals surface area contributed by atoms with Gasteiger partial charge < -0.3 is 25.5 Å². The van der Waals surface area contributed by atoms with Crippen LogP contribution in [0.1, 0.15) is 0 Å². The van der Waals surface area contributed by atoms with E-state index in [4.69, 9.17) is 51.8 Å². The van der Waals surface area contributed by atoms with E-state index >= 15 is 0 Å². The van der Waals surface area contributed by atoms with E-state index in [2.05, 4.69) is 0 Å². The number of hydrogen-bond donors (Lipinski definition) is 0. The zero-order valence-corrected chi connectivity index (χ0v) is 8.62. The van der Waals surface area contributed by atoms with Gasteiger partial charge in [0.2, 0.25) is 0 Å². The van der Waals surface area contributed by atoms with Crippen molar-refractivity contribution < 1.29 is 44.1 Å². The Kier molecular flexibility index (Phi) is 844. The largest absolute Gasteiger partial charge is 5.00 e. The van der Waals surface area contributed by atoms with Crippen molar-refractivity contribution in [3.05, 3.63) is 0 Å². The summed E-state index contributed by atoms with van der Waals surface area (Å²) in [4.78, 5) is 0. The molecule has 0 aliphatic rings. The van der Waals surface area contributed by atoms with Gasteiger partial charge in [-0.05, 0) is 0 Å². The van der Waals surface area contributed by atoms with Crippen LogP contribution >= 0.6 is 0 Å². The van der Waals surface area contributed by atoms with Crippen LogP contribution in [0.15, 0.2) is 0 Å². The van der Waals surface area contributed by atoms with Gasteiger partial charge in [-0.3, -0.25) is 0 Å². The summed E-state index contributed by atoms with van der Waals surface area (Å²) in [7, 11) is 0. The van der Waals surface area contributed by atoms with Gasteiger partial charge in [0.15, 0.2) is 0 Å². The molecule has 0 heterocycles. The summed E-state index contributed by atoms with van der Waals surface area (Å²) in [5.74, 6) is 0. The van der Waals surface area contributed by atoms with Gasteiger partial charge in [0.1, 0.15) is 0 Å². The topological polar surface area (TPSA) is 234 Å². The molecule has 0 radical (unpaired) electrons. The maximum absolute atomic E-state index is 8.24. The maximum atomic E-state index is 8.24. The molecule has 0 amide bonds. The fourth-order valence-corrected chi connectivity index (χ4v) is 0. The molecule has 80 valence electrons. The van der Waals surface area contributed by atoms with E-state index in [-0.39, 0.29) is 18.6 Å². The van der Waals surface area contributed by atoms with E-state index in [1.165, 1.54) is 0 Å². The van der Waals surface area contributed by atoms with Crippen LogP contribution in [0.3, 0.4) is 0 Å². The van der Waals surface area contributed by atoms with Gasteiger partial charge in [-0.2, -0.15) is 0 Å². The summed E-state index contributed by atoms with van der Waals surface area (Å²) in [6.07, 6.45) is 2.50. The molecule has 0 atom stereocenters. The second-order valence-corrected chi connectivity index (χ2v) is 0.456. The number of rotatable bonds is 0. The normalized spacial score (nSPS) is 2.19. The predicted molar refractivity (Wildman–Crippen MR) is 28.1 cm³/mol. The molecule has 10 nitrogen and oxygen atoms in total. The van der Waals surface area contributed by atoms with Crippen LogP contribution in [0, 0.1) is 57.6 Å². The standard InChI is InChI=1S/5CHNO.V/c5*2-1-3;/h5*3H;/q;;;;;+5/p-5. The fraction of sp³-hybridized carbons (Fsp3) is 0. The van der Waals surface area contributed by atoms with Gasteiger partial charge >= 0.3 is 18.6 Å². The Morgan fingerprint density at radius 3 is 0.438 bits per heavy atom. The van der Waals surface area contributed by atoms with E-state index < -0.39 is 0 Å². The van der Waals surface area contributed by atoms with Crippen LogP contribution in [0.2, 0.25) is 0 Å². The third-order valence-corrected chi connectivity index (χ3v) is 0. The first kappa shape index (κ1) is 38.1. The van der Waals surface area contributed by atoms with E-state index in [9.17, 15) is 0 Å². The van der Waals surface area contributed by atoms with Crippen molar-refractivity contribution >= 4 is 0 Å². The molecule has 0 unspecified atom stereocenters. The predicted octanol–water partition coefficient (Wildman–Crippen LogP) is -5.86. The first-order valence-electron chi connectivity index (χ1n) is 2.14. The molecule has 0 saturated heterocycles. The minimum absolute atomic E-state index is 0. The van der Waals surface area contributed by atoms with Crippen LogP contribution in [0.5, 0.6) is 0 Å². The Morgan fingerprint density at radius 2 is 0.438 bits per heavy atom. The van der Waals surface area contributed by atoms with Crippen molar-refractivity contribution in [3.63, 3.8) is 0 Å². The van der Waals surface area contributed by atoms with Crippen molar-refractivity contribution in [2.75, 3.05) is 0 Å². The van der Waals surface area contributed by atoms with Gasteiger partial charge in [-0.25, -0.2) is 26.3 Å².